The normalized spacial score (nSPS) is 12.4. The Bertz CT molecular complexity index is 1050. The zero-order valence-corrected chi connectivity index (χ0v) is 15.4. The minimum Gasteiger partial charge on any atom is -0.465 e. The molecule has 1 aliphatic heterocycles. The van der Waals surface area contributed by atoms with Gasteiger partial charge in [0.15, 0.2) is 0 Å². The third kappa shape index (κ3) is 3.32. The fraction of sp³-hybridized carbons (Fsp3) is 0.136. The van der Waals surface area contributed by atoms with Crippen LogP contribution in [-0.4, -0.2) is 30.5 Å². The first-order chi connectivity index (χ1) is 13.7. The highest BCUT2D eigenvalue weighted by atomic mass is 16.5. The molecule has 2 heterocycles. The van der Waals surface area contributed by atoms with Gasteiger partial charge in [-0.05, 0) is 42.3 Å². The van der Waals surface area contributed by atoms with Gasteiger partial charge in [-0.15, -0.1) is 0 Å². The van der Waals surface area contributed by atoms with E-state index in [9.17, 15) is 9.59 Å². The molecule has 1 aromatic heterocycles. The monoisotopic (exact) mass is 373 g/mol. The van der Waals surface area contributed by atoms with E-state index in [2.05, 4.69) is 27.3 Å². The molecule has 0 unspecified atom stereocenters. The summed E-state index contributed by atoms with van der Waals surface area (Å²) < 4.78 is 4.78. The summed E-state index contributed by atoms with van der Waals surface area (Å²) in [5.74, 6) is -0.0914. The van der Waals surface area contributed by atoms with Crippen LogP contribution in [0.25, 0.3) is 0 Å². The van der Waals surface area contributed by atoms with E-state index in [0.29, 0.717) is 16.8 Å². The van der Waals surface area contributed by atoms with Gasteiger partial charge >= 0.3 is 5.97 Å². The van der Waals surface area contributed by atoms with Crippen molar-refractivity contribution in [2.45, 2.75) is 6.42 Å². The molecule has 1 N–H and O–H groups in total. The van der Waals surface area contributed by atoms with Gasteiger partial charge < -0.3 is 15.0 Å². The first-order valence-electron chi connectivity index (χ1n) is 8.97. The third-order valence-corrected chi connectivity index (χ3v) is 4.75. The summed E-state index contributed by atoms with van der Waals surface area (Å²) in [6.07, 6.45) is 2.57. The minimum absolute atomic E-state index is 0.307. The van der Waals surface area contributed by atoms with Crippen molar-refractivity contribution >= 4 is 29.1 Å². The molecule has 0 fully saturated rings. The Hall–Kier alpha value is -3.67. The molecule has 0 radical (unpaired) electrons. The Labute approximate surface area is 162 Å². The van der Waals surface area contributed by atoms with Crippen molar-refractivity contribution in [3.05, 3.63) is 83.6 Å². The molecule has 0 saturated heterocycles. The number of ether oxygens (including phenoxy) is 1. The van der Waals surface area contributed by atoms with Gasteiger partial charge in [-0.1, -0.05) is 30.3 Å². The van der Waals surface area contributed by atoms with Crippen molar-refractivity contribution < 1.29 is 14.3 Å². The molecule has 0 spiro atoms. The molecule has 3 aromatic rings. The number of nitrogens with one attached hydrogen (secondary N) is 1. The number of fused-ring (bicyclic) bond motifs is 1. The van der Waals surface area contributed by atoms with E-state index in [0.717, 1.165) is 24.5 Å². The maximum absolute atomic E-state index is 12.8. The molecule has 6 heteroatoms. The van der Waals surface area contributed by atoms with E-state index in [4.69, 9.17) is 4.74 Å². The van der Waals surface area contributed by atoms with Crippen LogP contribution in [0.4, 0.5) is 17.2 Å². The molecule has 0 bridgehead atoms. The number of methoxy groups -OCH3 is 1. The molecule has 1 aliphatic rings. The molecule has 1 amide bonds. The van der Waals surface area contributed by atoms with Gasteiger partial charge in [0.25, 0.3) is 5.91 Å². The summed E-state index contributed by atoms with van der Waals surface area (Å²) in [6, 6.07) is 18.4. The average molecular weight is 373 g/mol. The summed E-state index contributed by atoms with van der Waals surface area (Å²) in [7, 11) is 1.31. The van der Waals surface area contributed by atoms with Gasteiger partial charge in [-0.25, -0.2) is 9.78 Å². The van der Waals surface area contributed by atoms with Crippen molar-refractivity contribution in [2.75, 3.05) is 23.9 Å². The number of benzene rings is 2. The number of hydrogen-bond acceptors (Lipinski definition) is 5. The fourth-order valence-electron chi connectivity index (χ4n) is 3.36. The topological polar surface area (TPSA) is 71.5 Å². The highest BCUT2D eigenvalue weighted by molar-refractivity contribution is 6.08. The van der Waals surface area contributed by atoms with Crippen LogP contribution < -0.4 is 10.2 Å². The van der Waals surface area contributed by atoms with Gasteiger partial charge in [0, 0.05) is 24.0 Å². The first-order valence-corrected chi connectivity index (χ1v) is 8.97. The predicted molar refractivity (Wildman–Crippen MR) is 107 cm³/mol. The SMILES string of the molecule is COC(=O)c1ccccc1NC(=O)c1ccnc(N2CCc3ccccc32)c1. The van der Waals surface area contributed by atoms with E-state index in [1.165, 1.54) is 12.7 Å². The lowest BCUT2D eigenvalue weighted by Crippen LogP contribution is -2.18. The molecule has 0 atom stereocenters. The number of nitrogens with zero attached hydrogens (tertiary/aromatic N) is 2. The van der Waals surface area contributed by atoms with Gasteiger partial charge in [0.05, 0.1) is 18.4 Å². The zero-order valence-electron chi connectivity index (χ0n) is 15.4. The minimum atomic E-state index is -0.500. The van der Waals surface area contributed by atoms with E-state index >= 15 is 0 Å². The number of hydrogen-bond donors (Lipinski definition) is 1. The second kappa shape index (κ2) is 7.52. The quantitative estimate of drug-likeness (QED) is 0.704. The second-order valence-corrected chi connectivity index (χ2v) is 6.42. The van der Waals surface area contributed by atoms with Crippen molar-refractivity contribution in [3.63, 3.8) is 0 Å². The Balaban J connectivity index is 1.59. The molecule has 4 rings (SSSR count). The van der Waals surface area contributed by atoms with Crippen molar-refractivity contribution in [1.29, 1.82) is 0 Å². The predicted octanol–water partition coefficient (Wildman–Crippen LogP) is 3.81. The van der Waals surface area contributed by atoms with Crippen LogP contribution in [0.2, 0.25) is 0 Å². The molecule has 2 aromatic carbocycles. The van der Waals surface area contributed by atoms with Crippen LogP contribution in [0, 0.1) is 0 Å². The van der Waals surface area contributed by atoms with E-state index < -0.39 is 5.97 Å². The van der Waals surface area contributed by atoms with E-state index in [1.807, 2.05) is 12.1 Å². The van der Waals surface area contributed by atoms with Crippen LogP contribution in [0.15, 0.2) is 66.9 Å². The summed E-state index contributed by atoms with van der Waals surface area (Å²) in [6.45, 7) is 0.822. The maximum Gasteiger partial charge on any atom is 0.339 e. The first kappa shape index (κ1) is 17.7. The molecule has 0 aliphatic carbocycles. The van der Waals surface area contributed by atoms with Crippen LogP contribution in [-0.2, 0) is 11.2 Å². The molecular weight excluding hydrogens is 354 g/mol. The van der Waals surface area contributed by atoms with Crippen LogP contribution in [0.3, 0.4) is 0 Å². The van der Waals surface area contributed by atoms with Gasteiger partial charge in [-0.2, -0.15) is 0 Å². The average Bonchev–Trinajstić information content (AvgIpc) is 3.18. The van der Waals surface area contributed by atoms with Gasteiger partial charge in [0.1, 0.15) is 5.82 Å². The number of carbonyl (C=O) groups is 2. The lowest BCUT2D eigenvalue weighted by Gasteiger charge is -2.19. The number of rotatable bonds is 4. The number of amides is 1. The smallest absolute Gasteiger partial charge is 0.339 e. The van der Waals surface area contributed by atoms with Crippen LogP contribution in [0.5, 0.6) is 0 Å². The second-order valence-electron chi connectivity index (χ2n) is 6.42. The number of anilines is 3. The molecule has 140 valence electrons. The molecule has 28 heavy (non-hydrogen) atoms. The van der Waals surface area contributed by atoms with E-state index in [1.54, 1.807) is 42.6 Å². The number of aromatic nitrogens is 1. The molecule has 6 nitrogen and oxygen atoms in total. The Morgan fingerprint density at radius 2 is 1.86 bits per heavy atom. The lowest BCUT2D eigenvalue weighted by molar-refractivity contribution is 0.0602. The number of carbonyl (C=O) groups excluding carboxylic acids is 2. The largest absolute Gasteiger partial charge is 0.465 e. The molecule has 0 saturated carbocycles. The number of para-hydroxylation sites is 2. The van der Waals surface area contributed by atoms with Gasteiger partial charge in [0.2, 0.25) is 0 Å². The van der Waals surface area contributed by atoms with Crippen molar-refractivity contribution in [3.8, 4) is 0 Å². The zero-order chi connectivity index (χ0) is 19.5. The standard InChI is InChI=1S/C22H19N3O3/c1-28-22(27)17-7-3-4-8-18(17)24-21(26)16-10-12-23-20(14-16)25-13-11-15-6-2-5-9-19(15)25/h2-10,12,14H,11,13H2,1H3,(H,24,26). The molecular formula is C22H19N3O3. The van der Waals surface area contributed by atoms with Crippen molar-refractivity contribution in [1.82, 2.24) is 4.98 Å². The van der Waals surface area contributed by atoms with Crippen LogP contribution in [0.1, 0.15) is 26.3 Å². The summed E-state index contributed by atoms with van der Waals surface area (Å²) in [5, 5.41) is 2.79. The number of pyridine rings is 1. The van der Waals surface area contributed by atoms with Gasteiger partial charge in [-0.3, -0.25) is 4.79 Å². The summed E-state index contributed by atoms with van der Waals surface area (Å²) >= 11 is 0. The lowest BCUT2D eigenvalue weighted by atomic mass is 10.1. The Morgan fingerprint density at radius 3 is 2.71 bits per heavy atom. The highest BCUT2D eigenvalue weighted by Gasteiger charge is 2.22. The van der Waals surface area contributed by atoms with E-state index in [-0.39, 0.29) is 5.91 Å². The number of esters is 1. The van der Waals surface area contributed by atoms with Crippen molar-refractivity contribution in [2.24, 2.45) is 0 Å². The van der Waals surface area contributed by atoms with Crippen LogP contribution >= 0.6 is 0 Å². The Kier molecular flexibility index (Phi) is 4.76. The highest BCUT2D eigenvalue weighted by Crippen LogP contribution is 2.33. The Morgan fingerprint density at radius 1 is 1.07 bits per heavy atom. The third-order valence-electron chi connectivity index (χ3n) is 4.75. The fourth-order valence-corrected chi connectivity index (χ4v) is 3.36. The summed E-state index contributed by atoms with van der Waals surface area (Å²) in [5.41, 5.74) is 3.56. The maximum atomic E-state index is 12.8. The summed E-state index contributed by atoms with van der Waals surface area (Å²) in [4.78, 5) is 31.2.